The maximum atomic E-state index is 10.7. The lowest BCUT2D eigenvalue weighted by Crippen LogP contribution is -2.44. The first-order valence-corrected chi connectivity index (χ1v) is 4.89. The lowest BCUT2D eigenvalue weighted by atomic mass is 10.2. The third-order valence-electron chi connectivity index (χ3n) is 2.18. The molecule has 0 bridgehead atoms. The highest BCUT2D eigenvalue weighted by atomic mass is 16.6. The predicted octanol–water partition coefficient (Wildman–Crippen LogP) is -0.145. The van der Waals surface area contributed by atoms with Gasteiger partial charge in [0.25, 0.3) is 0 Å². The van der Waals surface area contributed by atoms with Crippen LogP contribution in [0.4, 0.5) is 0 Å². The molecule has 1 saturated heterocycles. The SMILES string of the molecule is CCC(NCC1COCCO1)C(=O)O. The van der Waals surface area contributed by atoms with Crippen LogP contribution in [-0.2, 0) is 14.3 Å². The molecule has 0 radical (unpaired) electrons. The summed E-state index contributed by atoms with van der Waals surface area (Å²) in [6.07, 6.45) is 0.556. The molecule has 1 heterocycles. The van der Waals surface area contributed by atoms with Crippen LogP contribution >= 0.6 is 0 Å². The molecule has 0 aromatic heterocycles. The van der Waals surface area contributed by atoms with Gasteiger partial charge in [0.2, 0.25) is 0 Å². The van der Waals surface area contributed by atoms with E-state index in [1.165, 1.54) is 0 Å². The van der Waals surface area contributed by atoms with E-state index in [1.807, 2.05) is 6.92 Å². The van der Waals surface area contributed by atoms with E-state index in [0.717, 1.165) is 0 Å². The maximum Gasteiger partial charge on any atom is 0.320 e. The summed E-state index contributed by atoms with van der Waals surface area (Å²) in [5.74, 6) is -0.816. The number of carboxylic acid groups (broad SMARTS) is 1. The van der Waals surface area contributed by atoms with Gasteiger partial charge in [-0.3, -0.25) is 4.79 Å². The largest absolute Gasteiger partial charge is 0.480 e. The molecule has 1 aliphatic rings. The van der Waals surface area contributed by atoms with Crippen molar-refractivity contribution in [2.75, 3.05) is 26.4 Å². The minimum Gasteiger partial charge on any atom is -0.480 e. The van der Waals surface area contributed by atoms with Crippen LogP contribution in [-0.4, -0.2) is 49.6 Å². The van der Waals surface area contributed by atoms with Gasteiger partial charge in [-0.1, -0.05) is 6.92 Å². The molecule has 0 saturated carbocycles. The van der Waals surface area contributed by atoms with Gasteiger partial charge in [0.1, 0.15) is 6.04 Å². The summed E-state index contributed by atoms with van der Waals surface area (Å²) in [5, 5.41) is 11.7. The number of aliphatic carboxylic acids is 1. The monoisotopic (exact) mass is 203 g/mol. The summed E-state index contributed by atoms with van der Waals surface area (Å²) in [7, 11) is 0. The Labute approximate surface area is 83.4 Å². The molecule has 0 aromatic carbocycles. The fraction of sp³-hybridized carbons (Fsp3) is 0.889. The summed E-state index contributed by atoms with van der Waals surface area (Å²) >= 11 is 0. The molecular weight excluding hydrogens is 186 g/mol. The van der Waals surface area contributed by atoms with Gasteiger partial charge in [0.15, 0.2) is 0 Å². The zero-order valence-electron chi connectivity index (χ0n) is 8.36. The van der Waals surface area contributed by atoms with Gasteiger partial charge in [-0.05, 0) is 6.42 Å². The number of nitrogens with one attached hydrogen (secondary N) is 1. The van der Waals surface area contributed by atoms with Gasteiger partial charge < -0.3 is 19.9 Å². The molecule has 2 atom stereocenters. The molecule has 5 heteroatoms. The van der Waals surface area contributed by atoms with Gasteiger partial charge >= 0.3 is 5.97 Å². The lowest BCUT2D eigenvalue weighted by molar-refractivity contribution is -0.140. The molecule has 1 aliphatic heterocycles. The van der Waals surface area contributed by atoms with Gasteiger partial charge in [-0.25, -0.2) is 0 Å². The molecule has 1 fully saturated rings. The fourth-order valence-electron chi connectivity index (χ4n) is 1.33. The third kappa shape index (κ3) is 3.61. The minimum atomic E-state index is -0.816. The van der Waals surface area contributed by atoms with Gasteiger partial charge in [-0.15, -0.1) is 0 Å². The van der Waals surface area contributed by atoms with E-state index in [4.69, 9.17) is 14.6 Å². The Morgan fingerprint density at radius 3 is 2.93 bits per heavy atom. The third-order valence-corrected chi connectivity index (χ3v) is 2.18. The van der Waals surface area contributed by atoms with Crippen LogP contribution in [0.25, 0.3) is 0 Å². The summed E-state index contributed by atoms with van der Waals surface area (Å²) < 4.78 is 10.6. The van der Waals surface area contributed by atoms with Crippen molar-refractivity contribution >= 4 is 5.97 Å². The number of carbonyl (C=O) groups is 1. The average Bonchev–Trinajstić information content (AvgIpc) is 2.20. The highest BCUT2D eigenvalue weighted by molar-refractivity contribution is 5.73. The summed E-state index contributed by atoms with van der Waals surface area (Å²) in [4.78, 5) is 10.7. The molecule has 0 aliphatic carbocycles. The highest BCUT2D eigenvalue weighted by Gasteiger charge is 2.18. The van der Waals surface area contributed by atoms with E-state index >= 15 is 0 Å². The fourth-order valence-corrected chi connectivity index (χ4v) is 1.33. The Balaban J connectivity index is 2.20. The molecule has 82 valence electrons. The van der Waals surface area contributed by atoms with E-state index in [2.05, 4.69) is 5.32 Å². The number of carboxylic acids is 1. The standard InChI is InChI=1S/C9H17NO4/c1-2-8(9(11)12)10-5-7-6-13-3-4-14-7/h7-8,10H,2-6H2,1H3,(H,11,12). The van der Waals surface area contributed by atoms with E-state index in [-0.39, 0.29) is 6.10 Å². The first-order chi connectivity index (χ1) is 6.74. The van der Waals surface area contributed by atoms with Crippen LogP contribution in [0, 0.1) is 0 Å². The van der Waals surface area contributed by atoms with E-state index in [1.54, 1.807) is 0 Å². The first kappa shape index (κ1) is 11.4. The van der Waals surface area contributed by atoms with Crippen molar-refractivity contribution in [1.29, 1.82) is 0 Å². The zero-order chi connectivity index (χ0) is 10.4. The van der Waals surface area contributed by atoms with Crippen molar-refractivity contribution in [3.8, 4) is 0 Å². The maximum absolute atomic E-state index is 10.7. The average molecular weight is 203 g/mol. The van der Waals surface area contributed by atoms with Crippen molar-refractivity contribution in [2.24, 2.45) is 0 Å². The highest BCUT2D eigenvalue weighted by Crippen LogP contribution is 2.00. The molecular formula is C9H17NO4. The Hall–Kier alpha value is -0.650. The van der Waals surface area contributed by atoms with Crippen LogP contribution in [0.1, 0.15) is 13.3 Å². The van der Waals surface area contributed by atoms with Gasteiger partial charge in [0, 0.05) is 6.54 Å². The zero-order valence-corrected chi connectivity index (χ0v) is 8.36. The topological polar surface area (TPSA) is 67.8 Å². The van der Waals surface area contributed by atoms with E-state index in [0.29, 0.717) is 32.8 Å². The Morgan fingerprint density at radius 2 is 2.43 bits per heavy atom. The predicted molar refractivity (Wildman–Crippen MR) is 50.3 cm³/mol. The normalized spacial score (nSPS) is 24.5. The molecule has 2 N–H and O–H groups in total. The quantitative estimate of drug-likeness (QED) is 0.650. The Morgan fingerprint density at radius 1 is 1.64 bits per heavy atom. The summed E-state index contributed by atoms with van der Waals surface area (Å²) in [5.41, 5.74) is 0. The van der Waals surface area contributed by atoms with Crippen LogP contribution < -0.4 is 5.32 Å². The molecule has 14 heavy (non-hydrogen) atoms. The van der Waals surface area contributed by atoms with Gasteiger partial charge in [0.05, 0.1) is 25.9 Å². The number of ether oxygens (including phenoxy) is 2. The Kier molecular flexibility index (Phi) is 4.86. The van der Waals surface area contributed by atoms with Crippen LogP contribution in [0.3, 0.4) is 0 Å². The van der Waals surface area contributed by atoms with Crippen molar-refractivity contribution in [1.82, 2.24) is 5.32 Å². The van der Waals surface area contributed by atoms with Crippen molar-refractivity contribution in [3.63, 3.8) is 0 Å². The number of hydrogen-bond acceptors (Lipinski definition) is 4. The van der Waals surface area contributed by atoms with E-state index in [9.17, 15) is 4.79 Å². The lowest BCUT2D eigenvalue weighted by Gasteiger charge is -2.24. The molecule has 1 rings (SSSR count). The second kappa shape index (κ2) is 5.95. The van der Waals surface area contributed by atoms with E-state index < -0.39 is 12.0 Å². The van der Waals surface area contributed by atoms with Crippen LogP contribution in [0.2, 0.25) is 0 Å². The molecule has 0 aromatic rings. The smallest absolute Gasteiger partial charge is 0.320 e. The van der Waals surface area contributed by atoms with Crippen molar-refractivity contribution < 1.29 is 19.4 Å². The molecule has 5 nitrogen and oxygen atoms in total. The number of hydrogen-bond donors (Lipinski definition) is 2. The van der Waals surface area contributed by atoms with Crippen molar-refractivity contribution in [2.45, 2.75) is 25.5 Å². The number of rotatable bonds is 5. The summed E-state index contributed by atoms with van der Waals surface area (Å²) in [6.45, 7) is 4.14. The molecule has 2 unspecified atom stereocenters. The second-order valence-corrected chi connectivity index (χ2v) is 3.28. The Bertz CT molecular complexity index is 180. The molecule has 0 amide bonds. The van der Waals surface area contributed by atoms with Crippen molar-refractivity contribution in [3.05, 3.63) is 0 Å². The minimum absolute atomic E-state index is 0.0165. The summed E-state index contributed by atoms with van der Waals surface area (Å²) in [6, 6.07) is -0.486. The van der Waals surface area contributed by atoms with Crippen LogP contribution in [0.5, 0.6) is 0 Å². The van der Waals surface area contributed by atoms with Gasteiger partial charge in [-0.2, -0.15) is 0 Å². The first-order valence-electron chi connectivity index (χ1n) is 4.89. The second-order valence-electron chi connectivity index (χ2n) is 3.28. The van der Waals surface area contributed by atoms with Crippen LogP contribution in [0.15, 0.2) is 0 Å². The molecule has 0 spiro atoms.